The lowest BCUT2D eigenvalue weighted by Crippen LogP contribution is -2.05. The predicted octanol–water partition coefficient (Wildman–Crippen LogP) is 4.09. The molecule has 2 aromatic rings. The summed E-state index contributed by atoms with van der Waals surface area (Å²) in [6.45, 7) is 3.35. The third kappa shape index (κ3) is 4.03. The molecule has 0 spiro atoms. The lowest BCUT2D eigenvalue weighted by molar-refractivity contribution is -0.130. The zero-order valence-electron chi connectivity index (χ0n) is 15.2. The van der Waals surface area contributed by atoms with Crippen molar-refractivity contribution in [3.8, 4) is 11.5 Å². The Morgan fingerprint density at radius 3 is 2.70 bits per heavy atom. The summed E-state index contributed by atoms with van der Waals surface area (Å²) >= 11 is 0. The third-order valence-electron chi connectivity index (χ3n) is 4.61. The lowest BCUT2D eigenvalue weighted by atomic mass is 10.0. The fraction of sp³-hybridized carbons (Fsp3) is 0.273. The highest BCUT2D eigenvalue weighted by Gasteiger charge is 2.23. The van der Waals surface area contributed by atoms with Crippen LogP contribution in [0.4, 0.5) is 0 Å². The van der Waals surface area contributed by atoms with Crippen molar-refractivity contribution in [3.63, 3.8) is 0 Å². The number of nitrogens with zero attached hydrogens (tertiary/aromatic N) is 1. The number of esters is 1. The van der Waals surface area contributed by atoms with Gasteiger partial charge in [-0.2, -0.15) is 0 Å². The summed E-state index contributed by atoms with van der Waals surface area (Å²) in [5.41, 5.74) is 3.60. The van der Waals surface area contributed by atoms with Crippen LogP contribution in [-0.2, 0) is 16.0 Å². The molecule has 0 atom stereocenters. The Morgan fingerprint density at radius 2 is 1.85 bits per heavy atom. The Bertz CT molecular complexity index is 930. The van der Waals surface area contributed by atoms with E-state index >= 15 is 0 Å². The first-order valence-electron chi connectivity index (χ1n) is 9.15. The van der Waals surface area contributed by atoms with E-state index in [9.17, 15) is 4.79 Å². The van der Waals surface area contributed by atoms with E-state index in [1.807, 2.05) is 30.3 Å². The molecule has 2 aliphatic rings. The van der Waals surface area contributed by atoms with Gasteiger partial charge in [0.15, 0.2) is 23.1 Å². The Morgan fingerprint density at radius 1 is 1.04 bits per heavy atom. The molecule has 0 fully saturated rings. The predicted molar refractivity (Wildman–Crippen MR) is 103 cm³/mol. The van der Waals surface area contributed by atoms with E-state index in [0.29, 0.717) is 37.0 Å². The van der Waals surface area contributed by atoms with Crippen LogP contribution in [0.25, 0.3) is 6.08 Å². The first-order chi connectivity index (χ1) is 13.2. The summed E-state index contributed by atoms with van der Waals surface area (Å²) in [6.07, 6.45) is 3.95. The molecule has 2 heterocycles. The molecule has 138 valence electrons. The SMILES string of the molecule is Cc1ccccc1CCC1=N/C(=C/c2ccc3c(c2)OCCCO3)C(=O)O1. The van der Waals surface area contributed by atoms with E-state index in [0.717, 1.165) is 24.2 Å². The number of fused-ring (bicyclic) bond motifs is 1. The number of cyclic esters (lactones) is 1. The molecule has 0 amide bonds. The van der Waals surface area contributed by atoms with E-state index in [-0.39, 0.29) is 0 Å². The maximum atomic E-state index is 12.2. The van der Waals surface area contributed by atoms with Crippen molar-refractivity contribution in [1.82, 2.24) is 0 Å². The number of rotatable bonds is 4. The number of hydrogen-bond acceptors (Lipinski definition) is 5. The molecule has 2 aliphatic heterocycles. The van der Waals surface area contributed by atoms with Crippen molar-refractivity contribution in [2.75, 3.05) is 13.2 Å². The van der Waals surface area contributed by atoms with Crippen LogP contribution in [0.1, 0.15) is 29.5 Å². The molecule has 0 aliphatic carbocycles. The van der Waals surface area contributed by atoms with Crippen molar-refractivity contribution in [2.24, 2.45) is 4.99 Å². The van der Waals surface area contributed by atoms with E-state index < -0.39 is 5.97 Å². The minimum atomic E-state index is -0.415. The molecule has 0 radical (unpaired) electrons. The summed E-state index contributed by atoms with van der Waals surface area (Å²) in [4.78, 5) is 16.5. The van der Waals surface area contributed by atoms with Crippen molar-refractivity contribution < 1.29 is 19.0 Å². The zero-order valence-corrected chi connectivity index (χ0v) is 15.2. The number of aryl methyl sites for hydroxylation is 2. The molecule has 0 aromatic heterocycles. The van der Waals surface area contributed by atoms with E-state index in [2.05, 4.69) is 24.0 Å². The molecular formula is C22H21NO4. The van der Waals surface area contributed by atoms with Gasteiger partial charge in [-0.25, -0.2) is 9.79 Å². The number of benzene rings is 2. The molecule has 0 saturated heterocycles. The first-order valence-corrected chi connectivity index (χ1v) is 9.15. The van der Waals surface area contributed by atoms with Crippen LogP contribution in [0.3, 0.4) is 0 Å². The van der Waals surface area contributed by atoms with Gasteiger partial charge in [-0.15, -0.1) is 0 Å². The normalized spacial score (nSPS) is 17.4. The van der Waals surface area contributed by atoms with Gasteiger partial charge in [0.2, 0.25) is 0 Å². The van der Waals surface area contributed by atoms with Crippen LogP contribution >= 0.6 is 0 Å². The van der Waals surface area contributed by atoms with Gasteiger partial charge < -0.3 is 14.2 Å². The molecule has 0 bridgehead atoms. The van der Waals surface area contributed by atoms with Gasteiger partial charge in [0, 0.05) is 12.8 Å². The lowest BCUT2D eigenvalue weighted by Gasteiger charge is -2.07. The Hall–Kier alpha value is -3.08. The summed E-state index contributed by atoms with van der Waals surface area (Å²) in [7, 11) is 0. The molecule has 0 saturated carbocycles. The molecule has 5 nitrogen and oxygen atoms in total. The second-order valence-corrected chi connectivity index (χ2v) is 6.61. The minimum Gasteiger partial charge on any atom is -0.490 e. The average Bonchev–Trinajstić information content (AvgIpc) is 2.87. The number of hydrogen-bond donors (Lipinski definition) is 0. The van der Waals surface area contributed by atoms with Crippen molar-refractivity contribution in [1.29, 1.82) is 0 Å². The van der Waals surface area contributed by atoms with Crippen LogP contribution in [0.2, 0.25) is 0 Å². The van der Waals surface area contributed by atoms with Gasteiger partial charge in [-0.1, -0.05) is 30.3 Å². The van der Waals surface area contributed by atoms with E-state index in [1.165, 1.54) is 11.1 Å². The second-order valence-electron chi connectivity index (χ2n) is 6.61. The highest BCUT2D eigenvalue weighted by Crippen LogP contribution is 2.31. The molecule has 0 unspecified atom stereocenters. The second kappa shape index (κ2) is 7.66. The maximum absolute atomic E-state index is 12.2. The number of carbonyl (C=O) groups excluding carboxylic acids is 1. The smallest absolute Gasteiger partial charge is 0.363 e. The Labute approximate surface area is 158 Å². The van der Waals surface area contributed by atoms with Crippen LogP contribution in [-0.4, -0.2) is 25.1 Å². The standard InChI is InChI=1S/C22H21NO4/c1-15-5-2-3-6-17(15)8-10-21-23-18(22(24)27-21)13-16-7-9-19-20(14-16)26-12-4-11-25-19/h2-3,5-7,9,13-14H,4,8,10-12H2,1H3/b18-13+. The largest absolute Gasteiger partial charge is 0.490 e. The van der Waals surface area contributed by atoms with Crippen LogP contribution < -0.4 is 9.47 Å². The number of carbonyl (C=O) groups is 1. The molecular weight excluding hydrogens is 342 g/mol. The van der Waals surface area contributed by atoms with Gasteiger partial charge >= 0.3 is 5.97 Å². The van der Waals surface area contributed by atoms with Crippen molar-refractivity contribution >= 4 is 17.9 Å². The first kappa shape index (κ1) is 17.3. The van der Waals surface area contributed by atoms with Gasteiger partial charge in [-0.3, -0.25) is 0 Å². The van der Waals surface area contributed by atoms with E-state index in [4.69, 9.17) is 14.2 Å². The van der Waals surface area contributed by atoms with Gasteiger partial charge in [-0.05, 0) is 48.2 Å². The summed E-state index contributed by atoms with van der Waals surface area (Å²) in [6, 6.07) is 13.8. The zero-order chi connectivity index (χ0) is 18.6. The van der Waals surface area contributed by atoms with Crippen LogP contribution in [0.15, 0.2) is 53.2 Å². The molecule has 5 heteroatoms. The van der Waals surface area contributed by atoms with Crippen LogP contribution in [0, 0.1) is 6.92 Å². The van der Waals surface area contributed by atoms with Crippen molar-refractivity contribution in [2.45, 2.75) is 26.2 Å². The summed E-state index contributed by atoms with van der Waals surface area (Å²) < 4.78 is 16.7. The molecule has 27 heavy (non-hydrogen) atoms. The fourth-order valence-electron chi connectivity index (χ4n) is 3.12. The average molecular weight is 363 g/mol. The van der Waals surface area contributed by atoms with E-state index in [1.54, 1.807) is 6.08 Å². The monoisotopic (exact) mass is 363 g/mol. The number of ether oxygens (including phenoxy) is 3. The fourth-order valence-corrected chi connectivity index (χ4v) is 3.12. The molecule has 2 aromatic carbocycles. The Kier molecular flexibility index (Phi) is 4.92. The maximum Gasteiger partial charge on any atom is 0.363 e. The highest BCUT2D eigenvalue weighted by atomic mass is 16.6. The molecule has 4 rings (SSSR count). The topological polar surface area (TPSA) is 57.1 Å². The van der Waals surface area contributed by atoms with Gasteiger partial charge in [0.25, 0.3) is 0 Å². The number of aliphatic imine (C=N–C) groups is 1. The Balaban J connectivity index is 1.49. The van der Waals surface area contributed by atoms with Crippen molar-refractivity contribution in [3.05, 3.63) is 64.9 Å². The van der Waals surface area contributed by atoms with Crippen LogP contribution in [0.5, 0.6) is 11.5 Å². The van der Waals surface area contributed by atoms with Gasteiger partial charge in [0.05, 0.1) is 13.2 Å². The van der Waals surface area contributed by atoms with Gasteiger partial charge in [0.1, 0.15) is 0 Å². The molecule has 0 N–H and O–H groups in total. The highest BCUT2D eigenvalue weighted by molar-refractivity contribution is 6.07. The minimum absolute atomic E-state index is 0.310. The third-order valence-corrected chi connectivity index (χ3v) is 4.61. The summed E-state index contributed by atoms with van der Waals surface area (Å²) in [5.74, 6) is 1.47. The quantitative estimate of drug-likeness (QED) is 0.607. The summed E-state index contributed by atoms with van der Waals surface area (Å²) in [5, 5.41) is 0.